The van der Waals surface area contributed by atoms with Crippen LogP contribution in [-0.2, 0) is 0 Å². The number of hydrogen-bond donors (Lipinski definition) is 1. The van der Waals surface area contributed by atoms with Crippen molar-refractivity contribution in [2.75, 3.05) is 5.32 Å². The van der Waals surface area contributed by atoms with E-state index in [1.807, 2.05) is 85.2 Å². The minimum Gasteiger partial charge on any atom is -0.867 e. The molecule has 0 aliphatic heterocycles. The summed E-state index contributed by atoms with van der Waals surface area (Å²) in [6.45, 7) is 4.35. The summed E-state index contributed by atoms with van der Waals surface area (Å²) in [5.74, 6) is 0.359. The molecule has 0 aliphatic rings. The van der Waals surface area contributed by atoms with E-state index < -0.39 is 0 Å². The van der Waals surface area contributed by atoms with E-state index in [2.05, 4.69) is 19.2 Å². The van der Waals surface area contributed by atoms with Gasteiger partial charge in [0.15, 0.2) is 17.4 Å². The summed E-state index contributed by atoms with van der Waals surface area (Å²) >= 11 is 5.61. The summed E-state index contributed by atoms with van der Waals surface area (Å²) in [4.78, 5) is 0.387. The molecule has 0 saturated heterocycles. The van der Waals surface area contributed by atoms with Crippen molar-refractivity contribution < 1.29 is 9.67 Å². The minimum absolute atomic E-state index is 0.111. The highest BCUT2D eigenvalue weighted by Crippen LogP contribution is 2.22. The van der Waals surface area contributed by atoms with Crippen molar-refractivity contribution in [1.29, 1.82) is 0 Å². The number of thiocarbonyl (C=S) groups is 1. The number of nitrogens with zero attached hydrogens (tertiary/aromatic N) is 1. The molecule has 28 heavy (non-hydrogen) atoms. The van der Waals surface area contributed by atoms with Crippen LogP contribution in [0.2, 0.25) is 0 Å². The zero-order valence-corrected chi connectivity index (χ0v) is 16.9. The first-order chi connectivity index (χ1) is 13.6. The van der Waals surface area contributed by atoms with Gasteiger partial charge >= 0.3 is 0 Å². The minimum atomic E-state index is -0.111. The van der Waals surface area contributed by atoms with E-state index in [0.717, 1.165) is 12.1 Å². The molecule has 1 unspecified atom stereocenters. The van der Waals surface area contributed by atoms with Crippen LogP contribution in [0, 0.1) is 0 Å². The van der Waals surface area contributed by atoms with Crippen LogP contribution in [0.25, 0.3) is 11.5 Å². The average molecular weight is 389 g/mol. The Bertz CT molecular complexity index is 951. The van der Waals surface area contributed by atoms with Crippen LogP contribution in [0.1, 0.15) is 37.3 Å². The molecular weight excluding hydrogens is 364 g/mol. The molecular formula is C24H24N2OS. The van der Waals surface area contributed by atoms with Crippen molar-refractivity contribution in [1.82, 2.24) is 0 Å². The standard InChI is InChI=1S/C24H24N2OS/c1-3-18(2)19-12-14-20(15-13-19)23(27)22(26-16-8-5-9-17-26)24(28)25-21-10-6-4-7-11-21/h4-18H,3H2,1-2H3,(H-,25,27,28). The van der Waals surface area contributed by atoms with E-state index in [-0.39, 0.29) is 5.76 Å². The highest BCUT2D eigenvalue weighted by molar-refractivity contribution is 7.81. The van der Waals surface area contributed by atoms with Gasteiger partial charge in [0.1, 0.15) is 0 Å². The largest absolute Gasteiger partial charge is 0.867 e. The lowest BCUT2D eigenvalue weighted by atomic mass is 9.97. The Kier molecular flexibility index (Phi) is 6.56. The van der Waals surface area contributed by atoms with Crippen LogP contribution in [0.4, 0.5) is 5.69 Å². The number of rotatable bonds is 6. The molecule has 0 amide bonds. The van der Waals surface area contributed by atoms with Gasteiger partial charge < -0.3 is 10.4 Å². The number of nitrogens with one attached hydrogen (secondary N) is 1. The highest BCUT2D eigenvalue weighted by Gasteiger charge is 2.18. The molecule has 0 saturated carbocycles. The second-order valence-corrected chi connectivity index (χ2v) is 7.12. The number of pyridine rings is 1. The summed E-state index contributed by atoms with van der Waals surface area (Å²) in [5, 5.41) is 16.5. The molecule has 0 bridgehead atoms. The van der Waals surface area contributed by atoms with Gasteiger partial charge in [0.05, 0.1) is 0 Å². The molecule has 0 fully saturated rings. The summed E-state index contributed by atoms with van der Waals surface area (Å²) in [6.07, 6.45) is 4.73. The second-order valence-electron chi connectivity index (χ2n) is 6.71. The van der Waals surface area contributed by atoms with Gasteiger partial charge in [-0.15, -0.1) is 0 Å². The van der Waals surface area contributed by atoms with Crippen molar-refractivity contribution >= 4 is 34.3 Å². The van der Waals surface area contributed by atoms with Gasteiger partial charge in [0, 0.05) is 17.8 Å². The van der Waals surface area contributed by atoms with E-state index in [4.69, 9.17) is 12.2 Å². The first-order valence-corrected chi connectivity index (χ1v) is 9.85. The number of benzene rings is 2. The Labute approximate surface area is 172 Å². The molecule has 1 aromatic heterocycles. The topological polar surface area (TPSA) is 39.0 Å². The van der Waals surface area contributed by atoms with Crippen molar-refractivity contribution in [2.45, 2.75) is 26.2 Å². The average Bonchev–Trinajstić information content (AvgIpc) is 2.75. The fourth-order valence-electron chi connectivity index (χ4n) is 2.93. The molecule has 2 aromatic carbocycles. The van der Waals surface area contributed by atoms with Crippen LogP contribution in [0.15, 0.2) is 85.2 Å². The predicted octanol–water partition coefficient (Wildman–Crippen LogP) is 4.61. The van der Waals surface area contributed by atoms with E-state index in [0.29, 0.717) is 22.2 Å². The lowest BCUT2D eigenvalue weighted by Crippen LogP contribution is -2.39. The molecule has 3 rings (SSSR count). The van der Waals surface area contributed by atoms with Crippen molar-refractivity contribution in [3.8, 4) is 0 Å². The Morgan fingerprint density at radius 3 is 2.18 bits per heavy atom. The summed E-state index contributed by atoms with van der Waals surface area (Å²) in [5.41, 5.74) is 3.13. The molecule has 3 aromatic rings. The summed E-state index contributed by atoms with van der Waals surface area (Å²) in [6, 6.07) is 23.1. The van der Waals surface area contributed by atoms with Crippen molar-refractivity contribution in [2.24, 2.45) is 0 Å². The van der Waals surface area contributed by atoms with Gasteiger partial charge in [0.25, 0.3) is 0 Å². The van der Waals surface area contributed by atoms with Crippen molar-refractivity contribution in [3.63, 3.8) is 0 Å². The third-order valence-electron chi connectivity index (χ3n) is 4.79. The fraction of sp³-hybridized carbons (Fsp3) is 0.167. The lowest BCUT2D eigenvalue weighted by molar-refractivity contribution is -0.577. The second kappa shape index (κ2) is 9.29. The van der Waals surface area contributed by atoms with E-state index >= 15 is 0 Å². The summed E-state index contributed by atoms with van der Waals surface area (Å²) in [7, 11) is 0. The molecule has 0 radical (unpaired) electrons. The number of anilines is 1. The van der Waals surface area contributed by atoms with Gasteiger partial charge in [-0.2, -0.15) is 4.57 Å². The third kappa shape index (κ3) is 4.65. The molecule has 142 valence electrons. The van der Waals surface area contributed by atoms with E-state index in [1.54, 1.807) is 4.57 Å². The number of para-hydroxylation sites is 1. The van der Waals surface area contributed by atoms with Crippen LogP contribution in [0.3, 0.4) is 0 Å². The van der Waals surface area contributed by atoms with Crippen LogP contribution < -0.4 is 15.0 Å². The Morgan fingerprint density at radius 1 is 0.964 bits per heavy atom. The van der Waals surface area contributed by atoms with Crippen LogP contribution in [0.5, 0.6) is 0 Å². The van der Waals surface area contributed by atoms with Gasteiger partial charge in [-0.05, 0) is 41.4 Å². The molecule has 1 heterocycles. The zero-order valence-electron chi connectivity index (χ0n) is 16.1. The first kappa shape index (κ1) is 19.8. The van der Waals surface area contributed by atoms with E-state index in [9.17, 15) is 5.11 Å². The normalized spacial score (nSPS) is 12.8. The van der Waals surface area contributed by atoms with Crippen LogP contribution in [-0.4, -0.2) is 4.99 Å². The maximum Gasteiger partial charge on any atom is 0.238 e. The lowest BCUT2D eigenvalue weighted by Gasteiger charge is -2.18. The van der Waals surface area contributed by atoms with Gasteiger partial charge in [-0.1, -0.05) is 74.6 Å². The quantitative estimate of drug-likeness (QED) is 0.290. The van der Waals surface area contributed by atoms with Crippen molar-refractivity contribution in [3.05, 3.63) is 96.3 Å². The predicted molar refractivity (Wildman–Crippen MR) is 118 cm³/mol. The Balaban J connectivity index is 2.01. The molecule has 1 N–H and O–H groups in total. The smallest absolute Gasteiger partial charge is 0.238 e. The monoisotopic (exact) mass is 388 g/mol. The Hall–Kier alpha value is -2.98. The fourth-order valence-corrected chi connectivity index (χ4v) is 3.25. The number of aromatic nitrogens is 1. The van der Waals surface area contributed by atoms with E-state index in [1.165, 1.54) is 5.56 Å². The molecule has 3 nitrogen and oxygen atoms in total. The maximum atomic E-state index is 13.3. The molecule has 1 atom stereocenters. The third-order valence-corrected chi connectivity index (χ3v) is 5.09. The maximum absolute atomic E-state index is 13.3. The molecule has 4 heteroatoms. The first-order valence-electron chi connectivity index (χ1n) is 9.45. The van der Waals surface area contributed by atoms with Gasteiger partial charge in [-0.3, -0.25) is 0 Å². The highest BCUT2D eigenvalue weighted by atomic mass is 32.1. The molecule has 0 aliphatic carbocycles. The molecule has 0 spiro atoms. The van der Waals surface area contributed by atoms with Gasteiger partial charge in [-0.25, -0.2) is 0 Å². The number of hydrogen-bond acceptors (Lipinski definition) is 2. The SMILES string of the molecule is CCC(C)c1ccc(C([O-])=C(C(=S)Nc2ccccc2)[n+]2ccccc2)cc1. The Morgan fingerprint density at radius 2 is 1.57 bits per heavy atom. The summed E-state index contributed by atoms with van der Waals surface area (Å²) < 4.78 is 1.77. The van der Waals surface area contributed by atoms with Crippen LogP contribution >= 0.6 is 12.2 Å². The van der Waals surface area contributed by atoms with Gasteiger partial charge in [0.2, 0.25) is 5.70 Å². The zero-order chi connectivity index (χ0) is 19.9.